The summed E-state index contributed by atoms with van der Waals surface area (Å²) < 4.78 is 0. The molecule has 0 unspecified atom stereocenters. The summed E-state index contributed by atoms with van der Waals surface area (Å²) in [6.07, 6.45) is 5.49. The van der Waals surface area contributed by atoms with Gasteiger partial charge >= 0.3 is 0 Å². The number of nitriles is 1. The molecule has 0 aromatic rings. The van der Waals surface area contributed by atoms with Gasteiger partial charge in [0.05, 0.1) is 12.0 Å². The standard InChI is InChI=1S/C18H29N3O2/c1-17(2,3)18(4,12-19)20-15(22)14-10-21(11-14)16(23)13-8-6-5-7-9-13/h13-14H,5-11H2,1-4H3,(H,20,22)/t18-/m1/s1. The van der Waals surface area contributed by atoms with Crippen LogP contribution in [0.3, 0.4) is 0 Å². The van der Waals surface area contributed by atoms with Gasteiger partial charge in [-0.3, -0.25) is 9.59 Å². The van der Waals surface area contributed by atoms with Gasteiger partial charge in [0, 0.05) is 19.0 Å². The van der Waals surface area contributed by atoms with E-state index in [-0.39, 0.29) is 29.1 Å². The van der Waals surface area contributed by atoms with Crippen LogP contribution >= 0.6 is 0 Å². The molecule has 1 aliphatic heterocycles. The molecule has 0 spiro atoms. The second-order valence-electron chi connectivity index (χ2n) is 8.25. The van der Waals surface area contributed by atoms with Crippen molar-refractivity contribution in [1.29, 1.82) is 5.26 Å². The smallest absolute Gasteiger partial charge is 0.227 e. The molecule has 1 saturated carbocycles. The number of hydrogen-bond acceptors (Lipinski definition) is 3. The first kappa shape index (κ1) is 17.8. The Hall–Kier alpha value is -1.57. The van der Waals surface area contributed by atoms with E-state index in [9.17, 15) is 14.9 Å². The van der Waals surface area contributed by atoms with E-state index in [4.69, 9.17) is 0 Å². The van der Waals surface area contributed by atoms with Gasteiger partial charge in [0.1, 0.15) is 5.54 Å². The summed E-state index contributed by atoms with van der Waals surface area (Å²) in [5.41, 5.74) is -1.25. The maximum absolute atomic E-state index is 12.4. The van der Waals surface area contributed by atoms with Crippen LogP contribution in [0, 0.1) is 28.6 Å². The Balaban J connectivity index is 1.86. The lowest BCUT2D eigenvalue weighted by molar-refractivity contribution is -0.147. The molecule has 2 aliphatic rings. The maximum atomic E-state index is 12.4. The second-order valence-corrected chi connectivity index (χ2v) is 8.25. The molecule has 2 fully saturated rings. The monoisotopic (exact) mass is 319 g/mol. The molecule has 1 saturated heterocycles. The summed E-state index contributed by atoms with van der Waals surface area (Å²) in [5.74, 6) is 0.0774. The minimum Gasteiger partial charge on any atom is -0.341 e. The molecule has 0 bridgehead atoms. The molecular weight excluding hydrogens is 290 g/mol. The largest absolute Gasteiger partial charge is 0.341 e. The highest BCUT2D eigenvalue weighted by atomic mass is 16.2. The summed E-state index contributed by atoms with van der Waals surface area (Å²) in [5, 5.41) is 12.3. The quantitative estimate of drug-likeness (QED) is 0.868. The van der Waals surface area contributed by atoms with Gasteiger partial charge < -0.3 is 10.2 Å². The van der Waals surface area contributed by atoms with E-state index in [1.165, 1.54) is 6.42 Å². The summed E-state index contributed by atoms with van der Waals surface area (Å²) >= 11 is 0. The van der Waals surface area contributed by atoms with Crippen LogP contribution in [0.15, 0.2) is 0 Å². The van der Waals surface area contributed by atoms with Gasteiger partial charge in [-0.15, -0.1) is 0 Å². The van der Waals surface area contributed by atoms with E-state index in [0.717, 1.165) is 25.7 Å². The number of likely N-dealkylation sites (tertiary alicyclic amines) is 1. The van der Waals surface area contributed by atoms with Crippen LogP contribution in [0.5, 0.6) is 0 Å². The molecule has 23 heavy (non-hydrogen) atoms. The zero-order valence-electron chi connectivity index (χ0n) is 14.8. The predicted molar refractivity (Wildman–Crippen MR) is 88.3 cm³/mol. The minimum atomic E-state index is -0.905. The van der Waals surface area contributed by atoms with Crippen molar-refractivity contribution in [3.63, 3.8) is 0 Å². The molecular formula is C18H29N3O2. The van der Waals surface area contributed by atoms with E-state index < -0.39 is 5.54 Å². The van der Waals surface area contributed by atoms with Crippen LogP contribution in [-0.4, -0.2) is 35.3 Å². The Morgan fingerprint density at radius 2 is 1.61 bits per heavy atom. The normalized spacial score (nSPS) is 22.7. The molecule has 5 heteroatoms. The molecule has 2 amide bonds. The fourth-order valence-corrected chi connectivity index (χ4v) is 3.16. The van der Waals surface area contributed by atoms with Gasteiger partial charge in [0.15, 0.2) is 0 Å². The van der Waals surface area contributed by atoms with Crippen molar-refractivity contribution in [3.8, 4) is 6.07 Å². The van der Waals surface area contributed by atoms with Crippen molar-refractivity contribution in [1.82, 2.24) is 10.2 Å². The third-order valence-electron chi connectivity index (χ3n) is 5.62. The van der Waals surface area contributed by atoms with Crippen LogP contribution in [0.4, 0.5) is 0 Å². The number of carbonyl (C=O) groups excluding carboxylic acids is 2. The molecule has 1 aliphatic carbocycles. The van der Waals surface area contributed by atoms with Gasteiger partial charge in [0.2, 0.25) is 11.8 Å². The molecule has 0 aromatic heterocycles. The lowest BCUT2D eigenvalue weighted by Crippen LogP contribution is -2.62. The molecule has 0 radical (unpaired) electrons. The average Bonchev–Trinajstić information content (AvgIpc) is 2.45. The van der Waals surface area contributed by atoms with E-state index in [0.29, 0.717) is 13.1 Å². The van der Waals surface area contributed by atoms with Crippen molar-refractivity contribution >= 4 is 11.8 Å². The Morgan fingerprint density at radius 1 is 1.04 bits per heavy atom. The summed E-state index contributed by atoms with van der Waals surface area (Å²) in [6, 6.07) is 2.23. The zero-order valence-corrected chi connectivity index (χ0v) is 14.8. The van der Waals surface area contributed by atoms with Gasteiger partial charge in [-0.05, 0) is 25.2 Å². The number of nitrogens with zero attached hydrogens (tertiary/aromatic N) is 2. The first-order valence-electron chi connectivity index (χ1n) is 8.70. The lowest BCUT2D eigenvalue weighted by atomic mass is 9.75. The van der Waals surface area contributed by atoms with Gasteiger partial charge in [0.25, 0.3) is 0 Å². The fourth-order valence-electron chi connectivity index (χ4n) is 3.16. The van der Waals surface area contributed by atoms with Crippen molar-refractivity contribution in [2.75, 3.05) is 13.1 Å². The van der Waals surface area contributed by atoms with Gasteiger partial charge in [-0.25, -0.2) is 0 Å². The lowest BCUT2D eigenvalue weighted by Gasteiger charge is -2.43. The molecule has 1 N–H and O–H groups in total. The van der Waals surface area contributed by atoms with Crippen LogP contribution in [-0.2, 0) is 9.59 Å². The van der Waals surface area contributed by atoms with Crippen LogP contribution in [0.2, 0.25) is 0 Å². The van der Waals surface area contributed by atoms with Crippen molar-refractivity contribution in [2.45, 2.75) is 65.3 Å². The molecule has 0 aromatic carbocycles. The maximum Gasteiger partial charge on any atom is 0.227 e. The number of rotatable bonds is 3. The van der Waals surface area contributed by atoms with Crippen LogP contribution in [0.1, 0.15) is 59.8 Å². The summed E-state index contributed by atoms with van der Waals surface area (Å²) in [6.45, 7) is 8.57. The van der Waals surface area contributed by atoms with Crippen molar-refractivity contribution in [2.24, 2.45) is 17.3 Å². The summed E-state index contributed by atoms with van der Waals surface area (Å²) in [7, 11) is 0. The van der Waals surface area contributed by atoms with E-state index in [1.807, 2.05) is 20.8 Å². The molecule has 128 valence electrons. The second kappa shape index (κ2) is 6.51. The number of amides is 2. The number of carbonyl (C=O) groups is 2. The topological polar surface area (TPSA) is 73.2 Å². The van der Waals surface area contributed by atoms with E-state index in [1.54, 1.807) is 11.8 Å². The first-order chi connectivity index (χ1) is 10.7. The third-order valence-corrected chi connectivity index (χ3v) is 5.62. The highest BCUT2D eigenvalue weighted by Gasteiger charge is 2.44. The average molecular weight is 319 g/mol. The molecule has 1 heterocycles. The Labute approximate surface area is 139 Å². The fraction of sp³-hybridized carbons (Fsp3) is 0.833. The first-order valence-corrected chi connectivity index (χ1v) is 8.70. The zero-order chi connectivity index (χ0) is 17.3. The highest BCUT2D eigenvalue weighted by Crippen LogP contribution is 2.31. The Morgan fingerprint density at radius 3 is 2.09 bits per heavy atom. The van der Waals surface area contributed by atoms with E-state index in [2.05, 4.69) is 11.4 Å². The van der Waals surface area contributed by atoms with Crippen molar-refractivity contribution in [3.05, 3.63) is 0 Å². The predicted octanol–water partition coefficient (Wildman–Crippen LogP) is 2.47. The van der Waals surface area contributed by atoms with E-state index >= 15 is 0 Å². The summed E-state index contributed by atoms with van der Waals surface area (Å²) in [4.78, 5) is 26.6. The van der Waals surface area contributed by atoms with Gasteiger partial charge in [-0.2, -0.15) is 5.26 Å². The molecule has 5 nitrogen and oxygen atoms in total. The van der Waals surface area contributed by atoms with Gasteiger partial charge in [-0.1, -0.05) is 40.0 Å². The Bertz CT molecular complexity index is 505. The van der Waals surface area contributed by atoms with Crippen LogP contribution < -0.4 is 5.32 Å². The van der Waals surface area contributed by atoms with Crippen LogP contribution in [0.25, 0.3) is 0 Å². The molecule has 1 atom stereocenters. The van der Waals surface area contributed by atoms with Crippen molar-refractivity contribution < 1.29 is 9.59 Å². The number of hydrogen-bond donors (Lipinski definition) is 1. The minimum absolute atomic E-state index is 0.114. The Kier molecular flexibility index (Phi) is 5.03. The highest BCUT2D eigenvalue weighted by molar-refractivity contribution is 5.86. The SMILES string of the molecule is CC(C)(C)[C@@](C)(C#N)NC(=O)C1CN(C(=O)C2CCCCC2)C1. The third kappa shape index (κ3) is 3.68. The number of nitrogens with one attached hydrogen (secondary N) is 1. The molecule has 2 rings (SSSR count).